The van der Waals surface area contributed by atoms with Crippen LogP contribution in [-0.4, -0.2) is 27.0 Å². The third-order valence-electron chi connectivity index (χ3n) is 3.75. The third-order valence-corrected chi connectivity index (χ3v) is 4.66. The van der Waals surface area contributed by atoms with E-state index >= 15 is 0 Å². The zero-order chi connectivity index (χ0) is 19.4. The molecular formula is C18H17Cl2N5OS. The molecule has 0 unspecified atom stereocenters. The highest BCUT2D eigenvalue weighted by molar-refractivity contribution is 7.80. The summed E-state index contributed by atoms with van der Waals surface area (Å²) in [5.41, 5.74) is 2.62. The Kier molecular flexibility index (Phi) is 6.15. The van der Waals surface area contributed by atoms with E-state index in [0.717, 1.165) is 16.8 Å². The Labute approximate surface area is 172 Å². The number of hydrogen-bond donors (Lipinski definition) is 2. The first-order valence-electron chi connectivity index (χ1n) is 8.01. The molecule has 27 heavy (non-hydrogen) atoms. The highest BCUT2D eigenvalue weighted by Gasteiger charge is 2.10. The van der Waals surface area contributed by atoms with Gasteiger partial charge in [0, 0.05) is 15.6 Å². The molecule has 0 bridgehead atoms. The van der Waals surface area contributed by atoms with Crippen LogP contribution in [0.2, 0.25) is 10.0 Å². The van der Waals surface area contributed by atoms with Gasteiger partial charge in [-0.1, -0.05) is 35.3 Å². The number of nitrogens with one attached hydrogen (secondary N) is 2. The standard InChI is InChI=1S/C18H17Cl2N5OS/c1-11-6-7-16(26-2)15(8-11)22-18(27)23-17-21-10-25(24-17)9-12-13(19)4-3-5-14(12)20/h3-8,10H,9H2,1-2H3,(H2,22,23,24,27). The Bertz CT molecular complexity index is 956. The second-order valence-corrected chi connectivity index (χ2v) is 6.97. The van der Waals surface area contributed by atoms with Gasteiger partial charge in [0.25, 0.3) is 0 Å². The number of aryl methyl sites for hydroxylation is 1. The van der Waals surface area contributed by atoms with Crippen molar-refractivity contribution in [3.05, 3.63) is 63.9 Å². The lowest BCUT2D eigenvalue weighted by atomic mass is 10.2. The number of rotatable bonds is 5. The zero-order valence-corrected chi connectivity index (χ0v) is 17.0. The second kappa shape index (κ2) is 8.56. The number of aromatic nitrogens is 3. The lowest BCUT2D eigenvalue weighted by Gasteiger charge is -2.12. The van der Waals surface area contributed by atoms with Crippen LogP contribution in [0.5, 0.6) is 5.75 Å². The number of methoxy groups -OCH3 is 1. The summed E-state index contributed by atoms with van der Waals surface area (Å²) in [6.45, 7) is 2.39. The van der Waals surface area contributed by atoms with E-state index in [1.165, 1.54) is 0 Å². The average molecular weight is 422 g/mol. The van der Waals surface area contributed by atoms with E-state index in [0.29, 0.717) is 33.4 Å². The molecule has 0 spiro atoms. The monoisotopic (exact) mass is 421 g/mol. The van der Waals surface area contributed by atoms with Crippen molar-refractivity contribution in [2.75, 3.05) is 17.7 Å². The van der Waals surface area contributed by atoms with E-state index in [1.54, 1.807) is 36.3 Å². The van der Waals surface area contributed by atoms with Gasteiger partial charge in [-0.25, -0.2) is 9.67 Å². The summed E-state index contributed by atoms with van der Waals surface area (Å²) in [6.07, 6.45) is 1.58. The van der Waals surface area contributed by atoms with E-state index in [2.05, 4.69) is 20.7 Å². The van der Waals surface area contributed by atoms with Crippen molar-refractivity contribution in [2.45, 2.75) is 13.5 Å². The number of anilines is 2. The minimum Gasteiger partial charge on any atom is -0.495 e. The summed E-state index contributed by atoms with van der Waals surface area (Å²) in [7, 11) is 1.61. The molecule has 0 fully saturated rings. The molecule has 6 nitrogen and oxygen atoms in total. The molecule has 0 aliphatic rings. The Morgan fingerprint density at radius 1 is 1.19 bits per heavy atom. The summed E-state index contributed by atoms with van der Waals surface area (Å²) in [5.74, 6) is 1.05. The summed E-state index contributed by atoms with van der Waals surface area (Å²) in [5, 5.41) is 11.9. The molecule has 0 aliphatic carbocycles. The minimum atomic E-state index is 0.354. The van der Waals surface area contributed by atoms with Gasteiger partial charge >= 0.3 is 0 Å². The molecule has 0 atom stereocenters. The maximum absolute atomic E-state index is 6.20. The Morgan fingerprint density at radius 2 is 1.93 bits per heavy atom. The van der Waals surface area contributed by atoms with Crippen molar-refractivity contribution in [1.29, 1.82) is 0 Å². The Balaban J connectivity index is 1.67. The van der Waals surface area contributed by atoms with Gasteiger partial charge in [-0.15, -0.1) is 5.10 Å². The van der Waals surface area contributed by atoms with Gasteiger partial charge in [-0.3, -0.25) is 5.32 Å². The summed E-state index contributed by atoms with van der Waals surface area (Å²) in [6, 6.07) is 11.1. The van der Waals surface area contributed by atoms with Crippen molar-refractivity contribution in [3.63, 3.8) is 0 Å². The number of ether oxygens (including phenoxy) is 1. The third kappa shape index (κ3) is 4.88. The number of halogens is 2. The van der Waals surface area contributed by atoms with Gasteiger partial charge in [-0.2, -0.15) is 0 Å². The van der Waals surface area contributed by atoms with Gasteiger partial charge in [0.1, 0.15) is 12.1 Å². The first kappa shape index (κ1) is 19.4. The van der Waals surface area contributed by atoms with Crippen molar-refractivity contribution < 1.29 is 4.74 Å². The summed E-state index contributed by atoms with van der Waals surface area (Å²) < 4.78 is 6.96. The van der Waals surface area contributed by atoms with E-state index in [1.807, 2.05) is 25.1 Å². The van der Waals surface area contributed by atoms with Gasteiger partial charge in [0.05, 0.1) is 19.3 Å². The van der Waals surface area contributed by atoms with Crippen LogP contribution in [-0.2, 0) is 6.54 Å². The fourth-order valence-corrected chi connectivity index (χ4v) is 3.17. The van der Waals surface area contributed by atoms with Crippen LogP contribution in [0.25, 0.3) is 0 Å². The van der Waals surface area contributed by atoms with Crippen molar-refractivity contribution in [1.82, 2.24) is 14.8 Å². The maximum atomic E-state index is 6.20. The number of thiocarbonyl (C=S) groups is 1. The maximum Gasteiger partial charge on any atom is 0.248 e. The molecule has 1 aromatic heterocycles. The zero-order valence-electron chi connectivity index (χ0n) is 14.7. The first-order chi connectivity index (χ1) is 13.0. The van der Waals surface area contributed by atoms with Crippen LogP contribution in [0.3, 0.4) is 0 Å². The average Bonchev–Trinajstić information content (AvgIpc) is 3.05. The van der Waals surface area contributed by atoms with Crippen LogP contribution in [0.4, 0.5) is 11.6 Å². The summed E-state index contributed by atoms with van der Waals surface area (Å²) in [4.78, 5) is 4.21. The molecule has 0 radical (unpaired) electrons. The molecule has 2 N–H and O–H groups in total. The number of nitrogens with zero attached hydrogens (tertiary/aromatic N) is 3. The molecule has 0 saturated heterocycles. The largest absolute Gasteiger partial charge is 0.495 e. The summed E-state index contributed by atoms with van der Waals surface area (Å²) >= 11 is 17.7. The Morgan fingerprint density at radius 3 is 2.63 bits per heavy atom. The fourth-order valence-electron chi connectivity index (χ4n) is 2.45. The lowest BCUT2D eigenvalue weighted by molar-refractivity contribution is 0.417. The molecule has 9 heteroatoms. The second-order valence-electron chi connectivity index (χ2n) is 5.75. The quantitative estimate of drug-likeness (QED) is 0.578. The van der Waals surface area contributed by atoms with E-state index in [9.17, 15) is 0 Å². The van der Waals surface area contributed by atoms with Gasteiger partial charge in [0.15, 0.2) is 5.11 Å². The van der Waals surface area contributed by atoms with Crippen LogP contribution >= 0.6 is 35.4 Å². The molecule has 3 rings (SSSR count). The number of hydrogen-bond acceptors (Lipinski definition) is 4. The normalized spacial score (nSPS) is 10.5. The van der Waals surface area contributed by atoms with Crippen LogP contribution in [0, 0.1) is 6.92 Å². The highest BCUT2D eigenvalue weighted by atomic mass is 35.5. The predicted octanol–water partition coefficient (Wildman–Crippen LogP) is 4.76. The lowest BCUT2D eigenvalue weighted by Crippen LogP contribution is -2.20. The van der Waals surface area contributed by atoms with Crippen LogP contribution in [0.1, 0.15) is 11.1 Å². The SMILES string of the molecule is COc1ccc(C)cc1NC(=S)Nc1ncn(Cc2c(Cl)cccc2Cl)n1. The Hall–Kier alpha value is -2.35. The fraction of sp³-hybridized carbons (Fsp3) is 0.167. The van der Waals surface area contributed by atoms with Crippen molar-refractivity contribution >= 4 is 52.2 Å². The minimum absolute atomic E-state index is 0.354. The molecule has 1 heterocycles. The molecule has 2 aromatic carbocycles. The van der Waals surface area contributed by atoms with Gasteiger partial charge in [-0.05, 0) is 49.0 Å². The molecule has 0 aliphatic heterocycles. The van der Waals surface area contributed by atoms with Gasteiger partial charge < -0.3 is 10.1 Å². The van der Waals surface area contributed by atoms with E-state index < -0.39 is 0 Å². The topological polar surface area (TPSA) is 64.0 Å². The van der Waals surface area contributed by atoms with Crippen molar-refractivity contribution in [3.8, 4) is 5.75 Å². The van der Waals surface area contributed by atoms with Gasteiger partial charge in [0.2, 0.25) is 5.95 Å². The highest BCUT2D eigenvalue weighted by Crippen LogP contribution is 2.26. The molecule has 0 saturated carbocycles. The van der Waals surface area contributed by atoms with Crippen molar-refractivity contribution in [2.24, 2.45) is 0 Å². The molecule has 140 valence electrons. The van der Waals surface area contributed by atoms with E-state index in [-0.39, 0.29) is 0 Å². The number of benzene rings is 2. The smallest absolute Gasteiger partial charge is 0.248 e. The molecule has 3 aromatic rings. The van der Waals surface area contributed by atoms with E-state index in [4.69, 9.17) is 40.2 Å². The van der Waals surface area contributed by atoms with Crippen LogP contribution in [0.15, 0.2) is 42.7 Å². The molecule has 0 amide bonds. The van der Waals surface area contributed by atoms with Crippen LogP contribution < -0.4 is 15.4 Å². The molecular weight excluding hydrogens is 405 g/mol. The first-order valence-corrected chi connectivity index (χ1v) is 9.17. The predicted molar refractivity (Wildman–Crippen MR) is 113 cm³/mol.